The van der Waals surface area contributed by atoms with Crippen LogP contribution >= 0.6 is 23.5 Å². The summed E-state index contributed by atoms with van der Waals surface area (Å²) in [6.07, 6.45) is 5.23. The van der Waals surface area contributed by atoms with Crippen molar-refractivity contribution in [2.45, 2.75) is 49.9 Å². The molecule has 144 valence electrons. The maximum Gasteiger partial charge on any atom is 0.0682 e. The molecule has 28 heavy (non-hydrogen) atoms. The van der Waals surface area contributed by atoms with Crippen molar-refractivity contribution in [2.75, 3.05) is 0 Å². The van der Waals surface area contributed by atoms with Crippen LogP contribution in [-0.2, 0) is 4.75 Å². The molecule has 3 aliphatic rings. The molecule has 2 aliphatic heterocycles. The van der Waals surface area contributed by atoms with Gasteiger partial charge >= 0.3 is 0 Å². The molecule has 1 saturated heterocycles. The minimum Gasteiger partial charge on any atom is -0.136 e. The molecule has 0 radical (unpaired) electrons. The predicted molar refractivity (Wildman–Crippen MR) is 126 cm³/mol. The Morgan fingerprint density at radius 2 is 1.46 bits per heavy atom. The van der Waals surface area contributed by atoms with E-state index < -0.39 is 0 Å². The topological polar surface area (TPSA) is 0 Å². The van der Waals surface area contributed by atoms with Crippen LogP contribution in [0.15, 0.2) is 66.3 Å². The van der Waals surface area contributed by atoms with Crippen LogP contribution in [0.25, 0.3) is 4.91 Å². The van der Waals surface area contributed by atoms with Crippen molar-refractivity contribution in [3.05, 3.63) is 88.5 Å². The van der Waals surface area contributed by atoms with Gasteiger partial charge in [-0.3, -0.25) is 0 Å². The third-order valence-electron chi connectivity index (χ3n) is 6.45. The zero-order chi connectivity index (χ0) is 19.7. The molecular formula is C26H28S2. The zero-order valence-electron chi connectivity index (χ0n) is 17.3. The number of allylic oxidation sites excluding steroid dienone is 1. The van der Waals surface area contributed by atoms with Gasteiger partial charge in [-0.2, -0.15) is 0 Å². The molecule has 2 heteroatoms. The van der Waals surface area contributed by atoms with Crippen LogP contribution in [0.3, 0.4) is 0 Å². The number of rotatable bonds is 2. The molecule has 0 aromatic heterocycles. The Labute approximate surface area is 177 Å². The molecule has 4 atom stereocenters. The lowest BCUT2D eigenvalue weighted by molar-refractivity contribution is 0.494. The van der Waals surface area contributed by atoms with E-state index in [4.69, 9.17) is 0 Å². The zero-order valence-corrected chi connectivity index (χ0v) is 19.0. The van der Waals surface area contributed by atoms with Gasteiger partial charge < -0.3 is 0 Å². The molecule has 0 spiro atoms. The van der Waals surface area contributed by atoms with Gasteiger partial charge in [-0.15, -0.1) is 23.5 Å². The van der Waals surface area contributed by atoms with Gasteiger partial charge in [0, 0.05) is 21.3 Å². The molecule has 0 saturated carbocycles. The summed E-state index contributed by atoms with van der Waals surface area (Å²) in [6, 6.07) is 18.4. The fourth-order valence-corrected chi connectivity index (χ4v) is 9.02. The second-order valence-corrected chi connectivity index (χ2v) is 12.2. The first-order chi connectivity index (χ1) is 13.3. The largest absolute Gasteiger partial charge is 0.136 e. The minimum atomic E-state index is 0.0727. The summed E-state index contributed by atoms with van der Waals surface area (Å²) >= 11 is 4.32. The summed E-state index contributed by atoms with van der Waals surface area (Å²) in [5.74, 6) is 0.582. The van der Waals surface area contributed by atoms with Crippen LogP contribution in [-0.4, -0.2) is 10.5 Å². The Kier molecular flexibility index (Phi) is 4.20. The van der Waals surface area contributed by atoms with Crippen LogP contribution in [0, 0.1) is 25.2 Å². The highest BCUT2D eigenvalue weighted by molar-refractivity contribution is 8.11. The molecule has 0 amide bonds. The van der Waals surface area contributed by atoms with E-state index in [0.29, 0.717) is 16.4 Å². The molecular weight excluding hydrogens is 376 g/mol. The number of hydrogen-bond donors (Lipinski definition) is 0. The molecule has 2 aromatic rings. The van der Waals surface area contributed by atoms with E-state index in [9.17, 15) is 0 Å². The van der Waals surface area contributed by atoms with Crippen molar-refractivity contribution in [1.82, 2.24) is 0 Å². The second kappa shape index (κ2) is 6.31. The Balaban J connectivity index is 1.65. The van der Waals surface area contributed by atoms with E-state index >= 15 is 0 Å². The molecule has 2 heterocycles. The minimum absolute atomic E-state index is 0.0727. The Morgan fingerprint density at radius 3 is 2.07 bits per heavy atom. The van der Waals surface area contributed by atoms with E-state index in [1.54, 1.807) is 5.57 Å². The summed E-state index contributed by atoms with van der Waals surface area (Å²) in [7, 11) is 0. The van der Waals surface area contributed by atoms with Crippen molar-refractivity contribution in [3.63, 3.8) is 0 Å². The lowest BCUT2D eigenvalue weighted by Crippen LogP contribution is -2.31. The fourth-order valence-electron chi connectivity index (χ4n) is 4.88. The summed E-state index contributed by atoms with van der Waals surface area (Å²) in [5, 5.41) is 1.25. The maximum absolute atomic E-state index is 2.64. The molecule has 1 aliphatic carbocycles. The number of hydrogen-bond acceptors (Lipinski definition) is 2. The number of thioether (sulfide) groups is 2. The van der Waals surface area contributed by atoms with Crippen molar-refractivity contribution in [3.8, 4) is 0 Å². The summed E-state index contributed by atoms with van der Waals surface area (Å²) in [4.78, 5) is 1.46. The fraction of sp³-hybridized carbons (Fsp3) is 0.385. The predicted octanol–water partition coefficient (Wildman–Crippen LogP) is 7.37. The first-order valence-electron chi connectivity index (χ1n) is 10.2. The first kappa shape index (κ1) is 18.6. The van der Waals surface area contributed by atoms with Crippen molar-refractivity contribution < 1.29 is 0 Å². The Morgan fingerprint density at radius 1 is 0.857 bits per heavy atom. The Hall–Kier alpha value is -1.38. The highest BCUT2D eigenvalue weighted by atomic mass is 32.2. The lowest BCUT2D eigenvalue weighted by atomic mass is 9.82. The molecule has 5 rings (SSSR count). The van der Waals surface area contributed by atoms with Crippen molar-refractivity contribution in [2.24, 2.45) is 11.3 Å². The average molecular weight is 405 g/mol. The normalized spacial score (nSPS) is 31.0. The highest BCUT2D eigenvalue weighted by Crippen LogP contribution is 2.70. The quantitative estimate of drug-likeness (QED) is 0.479. The number of aryl methyl sites for hydroxylation is 2. The third-order valence-corrected chi connectivity index (χ3v) is 9.88. The standard InChI is InChI=1S/C26H28S2/c1-16-6-10-18(11-7-16)22-15-26(19-12-8-17(2)9-13-19)21-14-20(25(3,4)5)24(28-26)23(21)27-22/h6-15,21,23-24H,1-5H3/t21-,23-,24+,26-/m0/s1. The van der Waals surface area contributed by atoms with Crippen LogP contribution in [0.1, 0.15) is 43.0 Å². The van der Waals surface area contributed by atoms with Gasteiger partial charge in [-0.25, -0.2) is 0 Å². The van der Waals surface area contributed by atoms with Gasteiger partial charge in [0.25, 0.3) is 0 Å². The van der Waals surface area contributed by atoms with Gasteiger partial charge in [0.15, 0.2) is 0 Å². The van der Waals surface area contributed by atoms with E-state index in [0.717, 1.165) is 0 Å². The SMILES string of the molecule is Cc1ccc(C2=C[C@@]3(c4ccc(C)cc4)S[C@@H]4C(C(C)(C)C)=C[C@H]3[C@@H]4S2)cc1. The summed E-state index contributed by atoms with van der Waals surface area (Å²) in [6.45, 7) is 11.5. The second-order valence-electron chi connectivity index (χ2n) is 9.55. The van der Waals surface area contributed by atoms with E-state index in [1.165, 1.54) is 27.2 Å². The van der Waals surface area contributed by atoms with Crippen LogP contribution in [0.5, 0.6) is 0 Å². The van der Waals surface area contributed by atoms with E-state index in [1.807, 2.05) is 0 Å². The summed E-state index contributed by atoms with van der Waals surface area (Å²) in [5.41, 5.74) is 7.40. The lowest BCUT2D eigenvalue weighted by Gasteiger charge is -2.38. The Bertz CT molecular complexity index is 973. The van der Waals surface area contributed by atoms with Gasteiger partial charge in [0.2, 0.25) is 0 Å². The van der Waals surface area contributed by atoms with E-state index in [2.05, 4.69) is 119 Å². The molecule has 4 bridgehead atoms. The van der Waals surface area contributed by atoms with E-state index in [-0.39, 0.29) is 10.2 Å². The highest BCUT2D eigenvalue weighted by Gasteiger charge is 2.61. The van der Waals surface area contributed by atoms with Gasteiger partial charge in [0.1, 0.15) is 0 Å². The maximum atomic E-state index is 2.64. The van der Waals surface area contributed by atoms with Crippen LogP contribution < -0.4 is 0 Å². The first-order valence-corrected chi connectivity index (χ1v) is 12.0. The van der Waals surface area contributed by atoms with Gasteiger partial charge in [-0.1, -0.05) is 92.1 Å². The molecule has 0 unspecified atom stereocenters. The molecule has 0 nitrogen and oxygen atoms in total. The smallest absolute Gasteiger partial charge is 0.0682 e. The molecule has 0 N–H and O–H groups in total. The van der Waals surface area contributed by atoms with Crippen LogP contribution in [0.4, 0.5) is 0 Å². The van der Waals surface area contributed by atoms with Crippen molar-refractivity contribution in [1.29, 1.82) is 0 Å². The monoisotopic (exact) mass is 404 g/mol. The van der Waals surface area contributed by atoms with Crippen LogP contribution in [0.2, 0.25) is 0 Å². The van der Waals surface area contributed by atoms with Gasteiger partial charge in [-0.05, 0) is 36.5 Å². The third kappa shape index (κ3) is 2.75. The van der Waals surface area contributed by atoms with Gasteiger partial charge in [0.05, 0.1) is 4.75 Å². The van der Waals surface area contributed by atoms with Crippen molar-refractivity contribution >= 4 is 28.4 Å². The summed E-state index contributed by atoms with van der Waals surface area (Å²) < 4.78 is 0.0727. The molecule has 1 fully saturated rings. The molecule has 2 aromatic carbocycles. The average Bonchev–Trinajstić information content (AvgIpc) is 3.10. The number of benzene rings is 2.